The highest BCUT2D eigenvalue weighted by molar-refractivity contribution is 5.95. The summed E-state index contributed by atoms with van der Waals surface area (Å²) in [6.07, 6.45) is 4.30. The minimum Gasteiger partial charge on any atom is -0.335 e. The van der Waals surface area contributed by atoms with Crippen LogP contribution in [0.4, 0.5) is 4.39 Å². The van der Waals surface area contributed by atoms with Crippen LogP contribution in [0, 0.1) is 5.82 Å². The molecule has 2 aromatic heterocycles. The third kappa shape index (κ3) is 4.38. The van der Waals surface area contributed by atoms with Gasteiger partial charge in [-0.25, -0.2) is 14.2 Å². The van der Waals surface area contributed by atoms with Crippen LogP contribution in [0.15, 0.2) is 70.6 Å². The van der Waals surface area contributed by atoms with E-state index in [-0.39, 0.29) is 49.9 Å². The number of halogens is 1. The van der Waals surface area contributed by atoms with Crippen LogP contribution >= 0.6 is 0 Å². The number of carbonyl (C=O) groups excluding carboxylic acids is 2. The number of H-pyrrole nitrogens is 1. The number of piperazine rings is 1. The SMILES string of the molecule is O=C(c1cnccn1)N1CCN(C(=O)c2cc(Cn3c(=O)[nH]c(=O)c4ccccc43)ccc2F)CC1. The maximum Gasteiger partial charge on any atom is 0.329 e. The Hall–Kier alpha value is -4.67. The second-order valence-electron chi connectivity index (χ2n) is 8.35. The molecule has 1 aliphatic rings. The highest BCUT2D eigenvalue weighted by atomic mass is 19.1. The van der Waals surface area contributed by atoms with Gasteiger partial charge in [0.1, 0.15) is 11.5 Å². The number of rotatable bonds is 4. The summed E-state index contributed by atoms with van der Waals surface area (Å²) in [5, 5.41) is 0.351. The normalized spacial score (nSPS) is 13.7. The minimum atomic E-state index is -0.680. The number of amides is 2. The third-order valence-corrected chi connectivity index (χ3v) is 6.14. The molecule has 0 radical (unpaired) electrons. The molecule has 0 aliphatic carbocycles. The topological polar surface area (TPSA) is 121 Å². The van der Waals surface area contributed by atoms with E-state index in [2.05, 4.69) is 15.0 Å². The van der Waals surface area contributed by atoms with Crippen LogP contribution < -0.4 is 11.2 Å². The highest BCUT2D eigenvalue weighted by Gasteiger charge is 2.27. The fraction of sp³-hybridized carbons (Fsp3) is 0.200. The zero-order chi connectivity index (χ0) is 25.2. The van der Waals surface area contributed by atoms with Gasteiger partial charge in [-0.2, -0.15) is 0 Å². The van der Waals surface area contributed by atoms with E-state index in [1.165, 1.54) is 46.3 Å². The Labute approximate surface area is 203 Å². The molecule has 4 aromatic rings. The van der Waals surface area contributed by atoms with Crippen molar-refractivity contribution >= 4 is 22.7 Å². The molecule has 2 aromatic carbocycles. The van der Waals surface area contributed by atoms with Crippen LogP contribution in [0.2, 0.25) is 0 Å². The lowest BCUT2D eigenvalue weighted by atomic mass is 10.1. The monoisotopic (exact) mass is 488 g/mol. The van der Waals surface area contributed by atoms with Gasteiger partial charge >= 0.3 is 5.69 Å². The van der Waals surface area contributed by atoms with Crippen LogP contribution in [0.3, 0.4) is 0 Å². The van der Waals surface area contributed by atoms with Crippen molar-refractivity contribution < 1.29 is 14.0 Å². The molecule has 11 heteroatoms. The Bertz CT molecular complexity index is 1580. The highest BCUT2D eigenvalue weighted by Crippen LogP contribution is 2.17. The van der Waals surface area contributed by atoms with Crippen molar-refractivity contribution in [2.45, 2.75) is 6.54 Å². The van der Waals surface area contributed by atoms with Crippen LogP contribution in [-0.4, -0.2) is 67.3 Å². The van der Waals surface area contributed by atoms with Gasteiger partial charge in [0.25, 0.3) is 17.4 Å². The maximum absolute atomic E-state index is 14.7. The first-order chi connectivity index (χ1) is 17.4. The van der Waals surface area contributed by atoms with E-state index < -0.39 is 23.0 Å². The largest absolute Gasteiger partial charge is 0.335 e. The molecule has 0 bridgehead atoms. The molecule has 0 unspecified atom stereocenters. The summed E-state index contributed by atoms with van der Waals surface area (Å²) in [5.41, 5.74) is -0.0227. The van der Waals surface area contributed by atoms with E-state index in [9.17, 15) is 23.6 Å². The van der Waals surface area contributed by atoms with E-state index >= 15 is 0 Å². The van der Waals surface area contributed by atoms with E-state index in [4.69, 9.17) is 0 Å². The van der Waals surface area contributed by atoms with Crippen molar-refractivity contribution in [3.63, 3.8) is 0 Å². The van der Waals surface area contributed by atoms with Crippen LogP contribution in [0.5, 0.6) is 0 Å². The summed E-state index contributed by atoms with van der Waals surface area (Å²) in [4.78, 5) is 63.6. The molecule has 36 heavy (non-hydrogen) atoms. The number of hydrogen-bond donors (Lipinski definition) is 1. The number of fused-ring (bicyclic) bond motifs is 1. The quantitative estimate of drug-likeness (QED) is 0.462. The minimum absolute atomic E-state index is 0.0388. The Morgan fingerprint density at radius 2 is 1.67 bits per heavy atom. The van der Waals surface area contributed by atoms with Crippen molar-refractivity contribution in [3.05, 3.63) is 105 Å². The maximum atomic E-state index is 14.7. The molecule has 1 aliphatic heterocycles. The number of aromatic amines is 1. The first-order valence-electron chi connectivity index (χ1n) is 11.3. The van der Waals surface area contributed by atoms with Crippen LogP contribution in [0.25, 0.3) is 10.9 Å². The molecular weight excluding hydrogens is 467 g/mol. The van der Waals surface area contributed by atoms with E-state index in [0.717, 1.165) is 0 Å². The molecule has 1 saturated heterocycles. The van der Waals surface area contributed by atoms with E-state index in [0.29, 0.717) is 16.5 Å². The van der Waals surface area contributed by atoms with Gasteiger partial charge in [-0.05, 0) is 29.8 Å². The first kappa shape index (κ1) is 23.1. The van der Waals surface area contributed by atoms with Gasteiger partial charge < -0.3 is 9.80 Å². The summed E-state index contributed by atoms with van der Waals surface area (Å²) < 4.78 is 16.1. The Morgan fingerprint density at radius 3 is 2.39 bits per heavy atom. The summed E-state index contributed by atoms with van der Waals surface area (Å²) >= 11 is 0. The average Bonchev–Trinajstić information content (AvgIpc) is 2.91. The van der Waals surface area contributed by atoms with Crippen molar-refractivity contribution in [1.82, 2.24) is 29.3 Å². The van der Waals surface area contributed by atoms with Gasteiger partial charge in [-0.1, -0.05) is 18.2 Å². The number of nitrogens with zero attached hydrogens (tertiary/aromatic N) is 5. The molecule has 2 amide bonds. The van der Waals surface area contributed by atoms with Crippen molar-refractivity contribution in [2.75, 3.05) is 26.2 Å². The Morgan fingerprint density at radius 1 is 0.944 bits per heavy atom. The van der Waals surface area contributed by atoms with Gasteiger partial charge in [0.05, 0.1) is 29.2 Å². The Balaban J connectivity index is 1.34. The molecule has 3 heterocycles. The van der Waals surface area contributed by atoms with Crippen molar-refractivity contribution in [2.24, 2.45) is 0 Å². The van der Waals surface area contributed by atoms with E-state index in [1.54, 1.807) is 29.2 Å². The fourth-order valence-corrected chi connectivity index (χ4v) is 4.27. The standard InChI is InChI=1S/C25H21FN6O4/c26-19-6-5-16(15-32-21-4-2-1-3-17(21)22(33)29-25(32)36)13-18(19)23(34)30-9-11-31(12-10-30)24(35)20-14-27-7-8-28-20/h1-8,13-14H,9-12,15H2,(H,29,33,36). The number of nitrogens with one attached hydrogen (secondary N) is 1. The molecule has 0 atom stereocenters. The van der Waals surface area contributed by atoms with Gasteiger partial charge in [-0.3, -0.25) is 28.9 Å². The summed E-state index contributed by atoms with van der Waals surface area (Å²) in [6, 6.07) is 10.8. The molecule has 0 spiro atoms. The lowest BCUT2D eigenvalue weighted by Crippen LogP contribution is -2.50. The van der Waals surface area contributed by atoms with Gasteiger partial charge in [0, 0.05) is 38.6 Å². The predicted octanol–water partition coefficient (Wildman–Crippen LogP) is 1.27. The first-order valence-corrected chi connectivity index (χ1v) is 11.3. The number of aromatic nitrogens is 4. The van der Waals surface area contributed by atoms with Crippen molar-refractivity contribution in [3.8, 4) is 0 Å². The van der Waals surface area contributed by atoms with Crippen molar-refractivity contribution in [1.29, 1.82) is 0 Å². The molecule has 5 rings (SSSR count). The zero-order valence-electron chi connectivity index (χ0n) is 19.1. The number of hydrogen-bond acceptors (Lipinski definition) is 6. The molecule has 0 saturated carbocycles. The zero-order valence-corrected chi connectivity index (χ0v) is 19.1. The molecule has 10 nitrogen and oxygen atoms in total. The van der Waals surface area contributed by atoms with Gasteiger partial charge in [-0.15, -0.1) is 0 Å². The third-order valence-electron chi connectivity index (χ3n) is 6.14. The van der Waals surface area contributed by atoms with Crippen LogP contribution in [-0.2, 0) is 6.54 Å². The number of para-hydroxylation sites is 1. The predicted molar refractivity (Wildman–Crippen MR) is 128 cm³/mol. The lowest BCUT2D eigenvalue weighted by molar-refractivity contribution is 0.0529. The summed E-state index contributed by atoms with van der Waals surface area (Å²) in [6.45, 7) is 1.07. The number of carbonyl (C=O) groups is 2. The van der Waals surface area contributed by atoms with Gasteiger partial charge in [0.15, 0.2) is 0 Å². The summed E-state index contributed by atoms with van der Waals surface area (Å²) in [7, 11) is 0. The summed E-state index contributed by atoms with van der Waals surface area (Å²) in [5.74, 6) is -1.46. The molecule has 1 N–H and O–H groups in total. The molecule has 182 valence electrons. The lowest BCUT2D eigenvalue weighted by Gasteiger charge is -2.34. The second-order valence-corrected chi connectivity index (χ2v) is 8.35. The smallest absolute Gasteiger partial charge is 0.329 e. The molecular formula is C25H21FN6O4. The average molecular weight is 488 g/mol. The van der Waals surface area contributed by atoms with Gasteiger partial charge in [0.2, 0.25) is 0 Å². The molecule has 1 fully saturated rings. The second kappa shape index (κ2) is 9.53. The number of benzene rings is 2. The van der Waals surface area contributed by atoms with Crippen LogP contribution in [0.1, 0.15) is 26.4 Å². The fourth-order valence-electron chi connectivity index (χ4n) is 4.27. The Kier molecular flexibility index (Phi) is 6.11. The van der Waals surface area contributed by atoms with E-state index in [1.807, 2.05) is 0 Å².